The molecule has 0 bridgehead atoms. The summed E-state index contributed by atoms with van der Waals surface area (Å²) in [6, 6.07) is 12.5. The fourth-order valence-corrected chi connectivity index (χ4v) is 0.342. The van der Waals surface area contributed by atoms with E-state index in [1.807, 2.05) is 30.3 Å². The molecule has 1 rings (SSSR count). The molecule has 0 spiro atoms. The number of benzene rings is 1. The Hall–Kier alpha value is 0.224. The molecule has 0 atom stereocenters. The summed E-state index contributed by atoms with van der Waals surface area (Å²) in [5.74, 6) is 0. The molecular weight excluding hydrogens is 155 g/mol. The van der Waals surface area contributed by atoms with E-state index in [1.165, 1.54) is 0 Å². The molecule has 0 heterocycles. The molecule has 8 heavy (non-hydrogen) atoms. The van der Waals surface area contributed by atoms with E-state index in [0.717, 1.165) is 0 Å². The number of hydrogen-bond donors (Lipinski definition) is 0. The fraction of sp³-hybridized carbons (Fsp3) is 0. The molecule has 0 radical (unpaired) electrons. The number of hydrogen-bond acceptors (Lipinski definition) is 0. The molecule has 0 amide bonds. The zero-order valence-electron chi connectivity index (χ0n) is 4.29. The van der Waals surface area contributed by atoms with Crippen LogP contribution < -0.4 is 0 Å². The van der Waals surface area contributed by atoms with Gasteiger partial charge in [-0.2, -0.15) is 36.4 Å². The first-order valence-electron chi connectivity index (χ1n) is 1.91. The average Bonchev–Trinajstić information content (AvgIpc) is 1.72. The second-order valence-corrected chi connectivity index (χ2v) is 1.08. The van der Waals surface area contributed by atoms with Gasteiger partial charge < -0.3 is 0 Å². The van der Waals surface area contributed by atoms with Crippen molar-refractivity contribution in [1.29, 1.82) is 0 Å². The quantitative estimate of drug-likeness (QED) is 0.403. The topological polar surface area (TPSA) is 0 Å². The van der Waals surface area contributed by atoms with Crippen LogP contribution in [0.4, 0.5) is 0 Å². The smallest absolute Gasteiger partial charge is 0 e. The predicted molar refractivity (Wildman–Crippen MR) is 32.5 cm³/mol. The Bertz CT molecular complexity index is 80.5. The maximum absolute atomic E-state index is 2.89. The summed E-state index contributed by atoms with van der Waals surface area (Å²) in [6.07, 6.45) is 0. The van der Waals surface area contributed by atoms with E-state index >= 15 is 0 Å². The summed E-state index contributed by atoms with van der Waals surface area (Å²) in [6.45, 7) is 0. The molecule has 0 aromatic heterocycles. The van der Waals surface area contributed by atoms with E-state index in [-0.39, 0.29) is 34.1 Å². The van der Waals surface area contributed by atoms with Crippen LogP contribution in [0.5, 0.6) is 0 Å². The van der Waals surface area contributed by atoms with E-state index in [1.54, 1.807) is 0 Å². The van der Waals surface area contributed by atoms with Gasteiger partial charge in [0.05, 0.1) is 0 Å². The van der Waals surface area contributed by atoms with Gasteiger partial charge in [0.25, 0.3) is 0 Å². The zero-order valence-corrected chi connectivity index (χ0v) is 6.67. The van der Waals surface area contributed by atoms with Crippen LogP contribution in [-0.2, 0) is 21.7 Å². The Balaban J connectivity index is 0. The van der Waals surface area contributed by atoms with Gasteiger partial charge in [-0.15, -0.1) is 12.4 Å². The molecule has 0 aliphatic rings. The van der Waals surface area contributed by atoms with Crippen molar-refractivity contribution in [3.05, 3.63) is 36.4 Å². The van der Waals surface area contributed by atoms with Crippen molar-refractivity contribution in [1.82, 2.24) is 0 Å². The third-order valence-corrected chi connectivity index (χ3v) is 0.607. The molecule has 1 aromatic carbocycles. The zero-order chi connectivity index (χ0) is 4.24. The van der Waals surface area contributed by atoms with Crippen LogP contribution in [0.15, 0.2) is 30.3 Å². The SMILES string of the molecule is Cl.[Ti].[c-]1ccccc1. The first-order chi connectivity index (χ1) is 3.00. The van der Waals surface area contributed by atoms with E-state index in [2.05, 4.69) is 6.07 Å². The molecule has 0 fully saturated rings. The molecule has 0 unspecified atom stereocenters. The molecule has 0 nitrogen and oxygen atoms in total. The van der Waals surface area contributed by atoms with Crippen molar-refractivity contribution >= 4 is 12.4 Å². The average molecular weight is 161 g/mol. The monoisotopic (exact) mass is 161 g/mol. The standard InChI is InChI=1S/C6H5.ClH.Ti/c1-2-4-6-5-3-1;;/h1-5H;1H;/q-1;;. The minimum absolute atomic E-state index is 0. The van der Waals surface area contributed by atoms with Crippen molar-refractivity contribution < 1.29 is 21.7 Å². The minimum Gasteiger partial charge on any atom is -0.184 e. The summed E-state index contributed by atoms with van der Waals surface area (Å²) in [5.41, 5.74) is 0. The molecule has 0 saturated heterocycles. The molecule has 0 saturated carbocycles. The van der Waals surface area contributed by atoms with Crippen LogP contribution in [0, 0.1) is 6.07 Å². The van der Waals surface area contributed by atoms with E-state index in [4.69, 9.17) is 0 Å². The predicted octanol–water partition coefficient (Wildman–Crippen LogP) is 1.91. The molecule has 1 aromatic rings. The Morgan fingerprint density at radius 3 is 1.50 bits per heavy atom. The van der Waals surface area contributed by atoms with Gasteiger partial charge in [-0.25, -0.2) is 0 Å². The van der Waals surface area contributed by atoms with Crippen LogP contribution in [0.2, 0.25) is 0 Å². The van der Waals surface area contributed by atoms with Gasteiger partial charge >= 0.3 is 0 Å². The summed E-state index contributed by atoms with van der Waals surface area (Å²) in [4.78, 5) is 0. The van der Waals surface area contributed by atoms with Crippen LogP contribution in [0.25, 0.3) is 0 Å². The molecule has 0 aliphatic heterocycles. The first-order valence-corrected chi connectivity index (χ1v) is 1.91. The molecule has 0 aliphatic carbocycles. The number of halogens is 1. The fourth-order valence-electron chi connectivity index (χ4n) is 0.342. The van der Waals surface area contributed by atoms with Crippen molar-refractivity contribution in [2.75, 3.05) is 0 Å². The van der Waals surface area contributed by atoms with Gasteiger partial charge in [-0.3, -0.25) is 0 Å². The summed E-state index contributed by atoms with van der Waals surface area (Å²) in [7, 11) is 0. The van der Waals surface area contributed by atoms with Gasteiger partial charge in [0.1, 0.15) is 0 Å². The second kappa shape index (κ2) is 7.22. The van der Waals surface area contributed by atoms with Gasteiger partial charge in [0.2, 0.25) is 0 Å². The van der Waals surface area contributed by atoms with Crippen molar-refractivity contribution in [3.8, 4) is 0 Å². The molecule has 42 valence electrons. The van der Waals surface area contributed by atoms with Crippen LogP contribution >= 0.6 is 12.4 Å². The second-order valence-electron chi connectivity index (χ2n) is 1.08. The van der Waals surface area contributed by atoms with Gasteiger partial charge in [0, 0.05) is 21.7 Å². The van der Waals surface area contributed by atoms with E-state index < -0.39 is 0 Å². The van der Waals surface area contributed by atoms with Gasteiger partial charge in [0.15, 0.2) is 0 Å². The normalized spacial score (nSPS) is 6.00. The molecule has 2 heteroatoms. The summed E-state index contributed by atoms with van der Waals surface area (Å²) < 4.78 is 0. The van der Waals surface area contributed by atoms with E-state index in [9.17, 15) is 0 Å². The Morgan fingerprint density at radius 2 is 1.38 bits per heavy atom. The van der Waals surface area contributed by atoms with Crippen molar-refractivity contribution in [2.24, 2.45) is 0 Å². The van der Waals surface area contributed by atoms with Crippen LogP contribution in [0.1, 0.15) is 0 Å². The summed E-state index contributed by atoms with van der Waals surface area (Å²) >= 11 is 0. The minimum atomic E-state index is 0. The Labute approximate surface area is 70.6 Å². The van der Waals surface area contributed by atoms with Gasteiger partial charge in [-0.05, 0) is 0 Å². The summed E-state index contributed by atoms with van der Waals surface area (Å²) in [5, 5.41) is 0. The third kappa shape index (κ3) is 4.38. The van der Waals surface area contributed by atoms with E-state index in [0.29, 0.717) is 0 Å². The molecular formula is C6H6ClTi-. The van der Waals surface area contributed by atoms with Crippen molar-refractivity contribution in [3.63, 3.8) is 0 Å². The molecule has 0 N–H and O–H groups in total. The van der Waals surface area contributed by atoms with Crippen LogP contribution in [0.3, 0.4) is 0 Å². The largest absolute Gasteiger partial charge is 0.184 e. The number of rotatable bonds is 0. The first kappa shape index (κ1) is 11.1. The van der Waals surface area contributed by atoms with Gasteiger partial charge in [-0.1, -0.05) is 0 Å². The maximum Gasteiger partial charge on any atom is 0 e. The maximum atomic E-state index is 2.89. The van der Waals surface area contributed by atoms with Crippen molar-refractivity contribution in [2.45, 2.75) is 0 Å². The Morgan fingerprint density at radius 1 is 0.875 bits per heavy atom. The van der Waals surface area contributed by atoms with Crippen LogP contribution in [-0.4, -0.2) is 0 Å². The third-order valence-electron chi connectivity index (χ3n) is 0.607. The Kier molecular flexibility index (Phi) is 10.0.